The van der Waals surface area contributed by atoms with E-state index in [1.807, 2.05) is 6.92 Å². The van der Waals surface area contributed by atoms with Gasteiger partial charge in [-0.05, 0) is 73.8 Å². The minimum Gasteiger partial charge on any atom is -0.381 e. The molecule has 1 saturated carbocycles. The number of ether oxygens (including phenoxy) is 3. The van der Waals surface area contributed by atoms with E-state index >= 15 is 0 Å². The van der Waals surface area contributed by atoms with Crippen LogP contribution < -0.4 is 10.2 Å². The van der Waals surface area contributed by atoms with Gasteiger partial charge in [0.1, 0.15) is 24.3 Å². The standard InChI is InChI=1S/C30H38N6O5/c1-19(39-2)28-23(17-35-10-11-41-18-27(35)37)13-21-7-5-9-36(29(21)34-28)30(38)33-26-14-22(24(15-31)16-32-26)12-20-6-4-8-25(20)40-3/h13-14,16,19-20,25H,4-12,17-18H2,1-3H3,(H,32,33,38)/t19?,20?,25-/m1/s1. The van der Waals surface area contributed by atoms with Crippen molar-refractivity contribution < 1.29 is 23.8 Å². The number of pyridine rings is 2. The maximum atomic E-state index is 13.6. The molecule has 4 heterocycles. The molecule has 2 unspecified atom stereocenters. The van der Waals surface area contributed by atoms with Gasteiger partial charge in [-0.15, -0.1) is 0 Å². The lowest BCUT2D eigenvalue weighted by Crippen LogP contribution is -2.42. The minimum atomic E-state index is -0.329. The first-order valence-corrected chi connectivity index (χ1v) is 14.3. The third-order valence-electron chi connectivity index (χ3n) is 8.42. The van der Waals surface area contributed by atoms with Crippen LogP contribution in [0.15, 0.2) is 18.3 Å². The first-order chi connectivity index (χ1) is 19.9. The number of morpholine rings is 1. The molecule has 3 amide bonds. The summed E-state index contributed by atoms with van der Waals surface area (Å²) in [4.78, 5) is 38.7. The minimum absolute atomic E-state index is 0.0500. The van der Waals surface area contributed by atoms with E-state index in [4.69, 9.17) is 19.2 Å². The van der Waals surface area contributed by atoms with E-state index in [9.17, 15) is 14.9 Å². The monoisotopic (exact) mass is 562 g/mol. The number of amides is 3. The first-order valence-electron chi connectivity index (χ1n) is 14.3. The second-order valence-corrected chi connectivity index (χ2v) is 11.0. The van der Waals surface area contributed by atoms with Gasteiger partial charge in [0.15, 0.2) is 0 Å². The van der Waals surface area contributed by atoms with Gasteiger partial charge in [-0.25, -0.2) is 14.8 Å². The summed E-state index contributed by atoms with van der Waals surface area (Å²) in [6.07, 6.45) is 6.82. The van der Waals surface area contributed by atoms with Crippen LogP contribution in [0.1, 0.15) is 66.7 Å². The molecule has 0 aromatic carbocycles. The largest absolute Gasteiger partial charge is 0.381 e. The highest BCUT2D eigenvalue weighted by atomic mass is 16.5. The summed E-state index contributed by atoms with van der Waals surface area (Å²) in [6, 6.07) is 5.77. The van der Waals surface area contributed by atoms with E-state index in [1.54, 1.807) is 30.1 Å². The van der Waals surface area contributed by atoms with Crippen LogP contribution in [-0.2, 0) is 38.4 Å². The summed E-state index contributed by atoms with van der Waals surface area (Å²) in [5.74, 6) is 1.27. The number of hydrogen-bond acceptors (Lipinski definition) is 8. The highest BCUT2D eigenvalue weighted by Crippen LogP contribution is 2.33. The fourth-order valence-electron chi connectivity index (χ4n) is 6.11. The average molecular weight is 563 g/mol. The number of rotatable bonds is 8. The van der Waals surface area contributed by atoms with E-state index in [0.29, 0.717) is 61.5 Å². The zero-order valence-electron chi connectivity index (χ0n) is 24.0. The van der Waals surface area contributed by atoms with Gasteiger partial charge < -0.3 is 19.1 Å². The number of aryl methyl sites for hydroxylation is 1. The van der Waals surface area contributed by atoms with Gasteiger partial charge in [-0.2, -0.15) is 5.26 Å². The topological polar surface area (TPSA) is 130 Å². The van der Waals surface area contributed by atoms with Crippen molar-refractivity contribution in [3.63, 3.8) is 0 Å². The first kappa shape index (κ1) is 28.9. The Kier molecular flexibility index (Phi) is 9.12. The highest BCUT2D eigenvalue weighted by Gasteiger charge is 2.30. The number of urea groups is 1. The number of nitrogens with one attached hydrogen (secondary N) is 1. The van der Waals surface area contributed by atoms with E-state index < -0.39 is 0 Å². The molecular weight excluding hydrogens is 524 g/mol. The van der Waals surface area contributed by atoms with Crippen LogP contribution >= 0.6 is 0 Å². The molecule has 2 fully saturated rings. The zero-order chi connectivity index (χ0) is 28.9. The molecule has 3 atom stereocenters. The number of nitrogens with zero attached hydrogens (tertiary/aromatic N) is 5. The van der Waals surface area contributed by atoms with Crippen molar-refractivity contribution in [2.24, 2.45) is 5.92 Å². The SMILES string of the molecule is COC(C)c1nc2c(cc1CN1CCOCC1=O)CCCN2C(=O)Nc1cc(CC2CCC[C@H]2OC)c(C#N)cn1. The Balaban J connectivity index is 1.38. The van der Waals surface area contributed by atoms with E-state index in [2.05, 4.69) is 22.4 Å². The molecule has 3 aliphatic rings. The third kappa shape index (κ3) is 6.35. The molecule has 0 bridgehead atoms. The fourth-order valence-corrected chi connectivity index (χ4v) is 6.11. The Morgan fingerprint density at radius 2 is 2.10 bits per heavy atom. The number of carbonyl (C=O) groups excluding carboxylic acids is 2. The molecule has 0 radical (unpaired) electrons. The summed E-state index contributed by atoms with van der Waals surface area (Å²) in [6.45, 7) is 3.95. The van der Waals surface area contributed by atoms with Crippen molar-refractivity contribution in [2.75, 3.05) is 50.7 Å². The number of methoxy groups -OCH3 is 2. The van der Waals surface area contributed by atoms with E-state index in [0.717, 1.165) is 48.8 Å². The van der Waals surface area contributed by atoms with Crippen molar-refractivity contribution >= 4 is 23.6 Å². The molecule has 1 saturated heterocycles. The molecule has 41 heavy (non-hydrogen) atoms. The average Bonchev–Trinajstić information content (AvgIpc) is 3.44. The van der Waals surface area contributed by atoms with E-state index in [-0.39, 0.29) is 30.8 Å². The number of hydrogen-bond donors (Lipinski definition) is 1. The summed E-state index contributed by atoms with van der Waals surface area (Å²) in [5, 5.41) is 12.6. The summed E-state index contributed by atoms with van der Waals surface area (Å²) >= 11 is 0. The van der Waals surface area contributed by atoms with Crippen LogP contribution in [0.5, 0.6) is 0 Å². The molecule has 2 aromatic heterocycles. The number of anilines is 2. The van der Waals surface area contributed by atoms with Crippen LogP contribution in [0.4, 0.5) is 16.4 Å². The Bertz CT molecular complexity index is 1330. The van der Waals surface area contributed by atoms with Crippen LogP contribution in [0.3, 0.4) is 0 Å². The molecule has 1 aliphatic carbocycles. The molecule has 2 aliphatic heterocycles. The van der Waals surface area contributed by atoms with Gasteiger partial charge in [-0.3, -0.25) is 15.0 Å². The van der Waals surface area contributed by atoms with Crippen molar-refractivity contribution in [3.05, 3.63) is 46.3 Å². The number of carbonyl (C=O) groups is 2. The summed E-state index contributed by atoms with van der Waals surface area (Å²) in [7, 11) is 3.36. The van der Waals surface area contributed by atoms with Gasteiger partial charge in [0, 0.05) is 40.1 Å². The Morgan fingerprint density at radius 1 is 1.24 bits per heavy atom. The molecule has 2 aromatic rings. The molecule has 11 nitrogen and oxygen atoms in total. The van der Waals surface area contributed by atoms with Crippen molar-refractivity contribution in [3.8, 4) is 6.07 Å². The number of fused-ring (bicyclic) bond motifs is 1. The Morgan fingerprint density at radius 3 is 2.85 bits per heavy atom. The number of nitriles is 1. The fraction of sp³-hybridized carbons (Fsp3) is 0.567. The van der Waals surface area contributed by atoms with Gasteiger partial charge >= 0.3 is 6.03 Å². The van der Waals surface area contributed by atoms with Crippen LogP contribution in [0.2, 0.25) is 0 Å². The smallest absolute Gasteiger partial charge is 0.328 e. The molecule has 11 heteroatoms. The molecule has 5 rings (SSSR count). The normalized spacial score (nSPS) is 21.4. The molecular formula is C30H38N6O5. The number of aromatic nitrogens is 2. The zero-order valence-corrected chi connectivity index (χ0v) is 24.0. The van der Waals surface area contributed by atoms with Gasteiger partial charge in [0.05, 0.1) is 30.1 Å². The van der Waals surface area contributed by atoms with Gasteiger partial charge in [-0.1, -0.05) is 6.42 Å². The Labute approximate surface area is 240 Å². The van der Waals surface area contributed by atoms with Crippen molar-refractivity contribution in [1.82, 2.24) is 14.9 Å². The Hall–Kier alpha value is -3.59. The van der Waals surface area contributed by atoms with Gasteiger partial charge in [0.2, 0.25) is 5.91 Å². The van der Waals surface area contributed by atoms with Crippen molar-refractivity contribution in [2.45, 2.75) is 64.2 Å². The second-order valence-electron chi connectivity index (χ2n) is 11.0. The maximum Gasteiger partial charge on any atom is 0.328 e. The molecule has 0 spiro atoms. The maximum absolute atomic E-state index is 13.6. The van der Waals surface area contributed by atoms with Crippen molar-refractivity contribution in [1.29, 1.82) is 5.26 Å². The lowest BCUT2D eigenvalue weighted by Gasteiger charge is -2.32. The quantitative estimate of drug-likeness (QED) is 0.515. The molecule has 218 valence electrons. The summed E-state index contributed by atoms with van der Waals surface area (Å²) in [5.41, 5.74) is 3.94. The third-order valence-corrected chi connectivity index (χ3v) is 8.42. The molecule has 1 N–H and O–H groups in total. The second kappa shape index (κ2) is 12.9. The van der Waals surface area contributed by atoms with E-state index in [1.165, 1.54) is 6.20 Å². The lowest BCUT2D eigenvalue weighted by atomic mass is 9.94. The van der Waals surface area contributed by atoms with Crippen LogP contribution in [-0.4, -0.2) is 73.4 Å². The highest BCUT2D eigenvalue weighted by molar-refractivity contribution is 6.01. The van der Waals surface area contributed by atoms with Crippen LogP contribution in [0, 0.1) is 17.2 Å². The summed E-state index contributed by atoms with van der Waals surface area (Å²) < 4.78 is 16.6. The van der Waals surface area contributed by atoms with Gasteiger partial charge in [0.25, 0.3) is 0 Å². The van der Waals surface area contributed by atoms with Crippen LogP contribution in [0.25, 0.3) is 0 Å². The predicted octanol–water partition coefficient (Wildman–Crippen LogP) is 3.76. The lowest BCUT2D eigenvalue weighted by molar-refractivity contribution is -0.143. The predicted molar refractivity (Wildman–Crippen MR) is 151 cm³/mol.